The van der Waals surface area contributed by atoms with Crippen molar-refractivity contribution in [1.29, 1.82) is 0 Å². The van der Waals surface area contributed by atoms with E-state index in [1.54, 1.807) is 24.3 Å². The van der Waals surface area contributed by atoms with E-state index >= 15 is 0 Å². The number of amides is 1. The van der Waals surface area contributed by atoms with Crippen molar-refractivity contribution in [1.82, 2.24) is 0 Å². The second-order valence-corrected chi connectivity index (χ2v) is 4.00. The number of carbonyl (C=O) groups is 1. The fraction of sp³-hybridized carbons (Fsp3) is 0.273. The van der Waals surface area contributed by atoms with Gasteiger partial charge < -0.3 is 9.84 Å². The molecule has 1 aromatic rings. The van der Waals surface area contributed by atoms with Crippen LogP contribution in [0.1, 0.15) is 19.4 Å². The van der Waals surface area contributed by atoms with Gasteiger partial charge in [-0.2, -0.15) is 4.99 Å². The van der Waals surface area contributed by atoms with Crippen LogP contribution in [-0.4, -0.2) is 23.2 Å². The summed E-state index contributed by atoms with van der Waals surface area (Å²) >= 11 is 5.85. The number of benzene rings is 1. The van der Waals surface area contributed by atoms with Crippen LogP contribution >= 0.6 is 11.6 Å². The van der Waals surface area contributed by atoms with E-state index in [4.69, 9.17) is 11.6 Å². The fourth-order valence-electron chi connectivity index (χ4n) is 0.942. The quantitative estimate of drug-likeness (QED) is 0.640. The van der Waals surface area contributed by atoms with Crippen molar-refractivity contribution in [2.75, 3.05) is 0 Å². The van der Waals surface area contributed by atoms with Crippen molar-refractivity contribution in [3.8, 4) is 0 Å². The van der Waals surface area contributed by atoms with Crippen LogP contribution in [0.3, 0.4) is 0 Å². The van der Waals surface area contributed by atoms with Gasteiger partial charge in [0.2, 0.25) is 5.79 Å². The summed E-state index contributed by atoms with van der Waals surface area (Å²) in [5.41, 5.74) is 0.608. The molecule has 0 aliphatic carbocycles. The Kier molecular flexibility index (Phi) is 4.04. The number of carbonyl (C=O) groups excluding carboxylic acids is 1. The van der Waals surface area contributed by atoms with Crippen molar-refractivity contribution in [2.24, 2.45) is 4.99 Å². The molecular weight excluding hydrogens is 230 g/mol. The second kappa shape index (κ2) is 5.09. The normalized spacial score (nSPS) is 11.8. The molecular formula is C11H12ClNO3. The van der Waals surface area contributed by atoms with Crippen LogP contribution in [0.2, 0.25) is 5.02 Å². The van der Waals surface area contributed by atoms with Gasteiger partial charge in [0.25, 0.3) is 0 Å². The van der Waals surface area contributed by atoms with Crippen molar-refractivity contribution in [2.45, 2.75) is 19.6 Å². The van der Waals surface area contributed by atoms with E-state index in [2.05, 4.69) is 9.73 Å². The number of ether oxygens (including phenoxy) is 1. The molecule has 0 spiro atoms. The standard InChI is InChI=1S/C11H12ClNO3/c1-11(2,15)16-10(14)13-7-8-5-3-4-6-9(8)12/h3-7,15H,1-2H3/b13-7+. The molecule has 0 bridgehead atoms. The maximum absolute atomic E-state index is 11.1. The lowest BCUT2D eigenvalue weighted by Gasteiger charge is -2.15. The maximum atomic E-state index is 11.1. The highest BCUT2D eigenvalue weighted by molar-refractivity contribution is 6.33. The van der Waals surface area contributed by atoms with Gasteiger partial charge in [0, 0.05) is 30.6 Å². The zero-order chi connectivity index (χ0) is 12.2. The Balaban J connectivity index is 2.68. The van der Waals surface area contributed by atoms with E-state index in [9.17, 15) is 9.90 Å². The van der Waals surface area contributed by atoms with Crippen molar-refractivity contribution in [3.05, 3.63) is 34.9 Å². The smallest absolute Gasteiger partial charge is 0.416 e. The van der Waals surface area contributed by atoms with Crippen LogP contribution in [0, 0.1) is 0 Å². The monoisotopic (exact) mass is 241 g/mol. The molecule has 0 aliphatic rings. The number of aliphatic hydroxyl groups is 1. The number of aliphatic imine (C=N–C) groups is 1. The minimum Gasteiger partial charge on any atom is -0.416 e. The van der Waals surface area contributed by atoms with Crippen LogP contribution in [-0.2, 0) is 4.74 Å². The Bertz CT molecular complexity index is 410. The molecule has 0 fully saturated rings. The summed E-state index contributed by atoms with van der Waals surface area (Å²) in [7, 11) is 0. The molecule has 0 heterocycles. The Morgan fingerprint density at radius 1 is 1.50 bits per heavy atom. The Morgan fingerprint density at radius 2 is 2.12 bits per heavy atom. The van der Waals surface area contributed by atoms with Gasteiger partial charge in [-0.1, -0.05) is 29.8 Å². The Morgan fingerprint density at radius 3 is 2.69 bits per heavy atom. The number of nitrogens with zero attached hydrogens (tertiary/aromatic N) is 1. The molecule has 86 valence electrons. The molecule has 0 aromatic heterocycles. The number of hydrogen-bond acceptors (Lipinski definition) is 3. The first kappa shape index (κ1) is 12.7. The van der Waals surface area contributed by atoms with Gasteiger partial charge >= 0.3 is 6.09 Å². The summed E-state index contributed by atoms with van der Waals surface area (Å²) in [6, 6.07) is 6.94. The van der Waals surface area contributed by atoms with Gasteiger partial charge in [-0.15, -0.1) is 0 Å². The Hall–Kier alpha value is -1.39. The maximum Gasteiger partial charge on any atom is 0.436 e. The third-order valence-electron chi connectivity index (χ3n) is 1.55. The van der Waals surface area contributed by atoms with E-state index in [0.29, 0.717) is 10.6 Å². The van der Waals surface area contributed by atoms with Gasteiger partial charge in [0.15, 0.2) is 0 Å². The van der Waals surface area contributed by atoms with E-state index in [-0.39, 0.29) is 0 Å². The summed E-state index contributed by atoms with van der Waals surface area (Å²) in [5, 5.41) is 9.69. The van der Waals surface area contributed by atoms with Gasteiger partial charge in [-0.3, -0.25) is 0 Å². The SMILES string of the molecule is CC(C)(O)OC(=O)/N=C/c1ccccc1Cl. The molecule has 5 heteroatoms. The van der Waals surface area contributed by atoms with Crippen LogP contribution in [0.4, 0.5) is 4.79 Å². The van der Waals surface area contributed by atoms with Crippen LogP contribution in [0.15, 0.2) is 29.3 Å². The minimum absolute atomic E-state index is 0.488. The summed E-state index contributed by atoms with van der Waals surface area (Å²) in [6.45, 7) is 2.69. The number of rotatable bonds is 2. The third-order valence-corrected chi connectivity index (χ3v) is 1.90. The van der Waals surface area contributed by atoms with Gasteiger partial charge in [-0.05, 0) is 6.07 Å². The predicted molar refractivity (Wildman–Crippen MR) is 61.8 cm³/mol. The predicted octanol–water partition coefficient (Wildman–Crippen LogP) is 2.62. The summed E-state index contributed by atoms with van der Waals surface area (Å²) < 4.78 is 4.57. The molecule has 1 aromatic carbocycles. The summed E-state index contributed by atoms with van der Waals surface area (Å²) in [5.74, 6) is -1.53. The zero-order valence-electron chi connectivity index (χ0n) is 8.98. The highest BCUT2D eigenvalue weighted by Crippen LogP contribution is 2.12. The van der Waals surface area contributed by atoms with Crippen molar-refractivity contribution < 1.29 is 14.6 Å². The summed E-state index contributed by atoms with van der Waals surface area (Å²) in [4.78, 5) is 14.6. The van der Waals surface area contributed by atoms with Crippen LogP contribution in [0.25, 0.3) is 0 Å². The molecule has 0 saturated heterocycles. The molecule has 0 radical (unpaired) electrons. The van der Waals surface area contributed by atoms with Gasteiger partial charge in [-0.25, -0.2) is 4.79 Å². The molecule has 4 nitrogen and oxygen atoms in total. The molecule has 1 rings (SSSR count). The molecule has 16 heavy (non-hydrogen) atoms. The fourth-order valence-corrected chi connectivity index (χ4v) is 1.13. The topological polar surface area (TPSA) is 58.9 Å². The minimum atomic E-state index is -1.53. The van der Waals surface area contributed by atoms with E-state index < -0.39 is 11.9 Å². The van der Waals surface area contributed by atoms with E-state index in [0.717, 1.165) is 0 Å². The number of halogens is 1. The first-order chi connectivity index (χ1) is 7.38. The Labute approximate surface area is 98.5 Å². The lowest BCUT2D eigenvalue weighted by molar-refractivity contribution is -0.128. The van der Waals surface area contributed by atoms with Crippen molar-refractivity contribution >= 4 is 23.9 Å². The number of hydrogen-bond donors (Lipinski definition) is 1. The highest BCUT2D eigenvalue weighted by atomic mass is 35.5. The first-order valence-electron chi connectivity index (χ1n) is 4.62. The third kappa shape index (κ3) is 4.42. The largest absolute Gasteiger partial charge is 0.436 e. The lowest BCUT2D eigenvalue weighted by Crippen LogP contribution is -2.25. The zero-order valence-corrected chi connectivity index (χ0v) is 9.73. The van der Waals surface area contributed by atoms with Crippen LogP contribution in [0.5, 0.6) is 0 Å². The lowest BCUT2D eigenvalue weighted by atomic mass is 10.2. The molecule has 0 aliphatic heterocycles. The molecule has 0 atom stereocenters. The first-order valence-corrected chi connectivity index (χ1v) is 5.00. The molecule has 1 amide bonds. The summed E-state index contributed by atoms with van der Waals surface area (Å²) in [6.07, 6.45) is 0.420. The van der Waals surface area contributed by atoms with E-state index in [1.165, 1.54) is 20.1 Å². The van der Waals surface area contributed by atoms with Crippen molar-refractivity contribution in [3.63, 3.8) is 0 Å². The average Bonchev–Trinajstić information content (AvgIpc) is 2.14. The van der Waals surface area contributed by atoms with Gasteiger partial charge in [0.05, 0.1) is 0 Å². The molecule has 0 saturated carbocycles. The second-order valence-electron chi connectivity index (χ2n) is 3.59. The van der Waals surface area contributed by atoms with E-state index in [1.807, 2.05) is 0 Å². The molecule has 1 N–H and O–H groups in total. The highest BCUT2D eigenvalue weighted by Gasteiger charge is 2.17. The average molecular weight is 242 g/mol. The molecule has 0 unspecified atom stereocenters. The van der Waals surface area contributed by atoms with Gasteiger partial charge in [0.1, 0.15) is 0 Å². The van der Waals surface area contributed by atoms with Crippen LogP contribution < -0.4 is 0 Å².